The summed E-state index contributed by atoms with van der Waals surface area (Å²) in [5.41, 5.74) is 2.47. The van der Waals surface area contributed by atoms with Crippen LogP contribution in [0.25, 0.3) is 0 Å². The van der Waals surface area contributed by atoms with Gasteiger partial charge in [-0.15, -0.1) is 0 Å². The van der Waals surface area contributed by atoms with Crippen molar-refractivity contribution in [1.82, 2.24) is 11.1 Å². The molecule has 0 saturated heterocycles. The number of pyridine rings is 1. The molecule has 0 atom stereocenters. The summed E-state index contributed by atoms with van der Waals surface area (Å²) in [6, 6.07) is 4.00. The van der Waals surface area contributed by atoms with Gasteiger partial charge in [-0.1, -0.05) is 19.9 Å². The normalized spacial score (nSPS) is 9.15. The SMILES string of the molecule is CCc1ccc(OC)nc1CC.N. The fraction of sp³-hybridized carbons (Fsp3) is 0.500. The van der Waals surface area contributed by atoms with E-state index in [0.717, 1.165) is 18.5 Å². The fourth-order valence-corrected chi connectivity index (χ4v) is 1.25. The molecule has 3 N–H and O–H groups in total. The van der Waals surface area contributed by atoms with Crippen LogP contribution in [0.1, 0.15) is 25.1 Å². The Morgan fingerprint density at radius 2 is 1.92 bits per heavy atom. The monoisotopic (exact) mass is 182 g/mol. The van der Waals surface area contributed by atoms with Crippen LogP contribution in [0.5, 0.6) is 5.88 Å². The Bertz CT molecular complexity index is 261. The van der Waals surface area contributed by atoms with Crippen LogP contribution in [-0.2, 0) is 12.8 Å². The minimum absolute atomic E-state index is 0. The Morgan fingerprint density at radius 1 is 1.23 bits per heavy atom. The van der Waals surface area contributed by atoms with E-state index in [2.05, 4.69) is 24.9 Å². The summed E-state index contributed by atoms with van der Waals surface area (Å²) in [5, 5.41) is 0. The highest BCUT2D eigenvalue weighted by molar-refractivity contribution is 5.25. The van der Waals surface area contributed by atoms with Gasteiger partial charge in [-0.25, -0.2) is 4.98 Å². The van der Waals surface area contributed by atoms with E-state index in [1.165, 1.54) is 5.56 Å². The minimum atomic E-state index is 0. The van der Waals surface area contributed by atoms with E-state index in [-0.39, 0.29) is 6.15 Å². The van der Waals surface area contributed by atoms with E-state index in [1.807, 2.05) is 6.07 Å². The lowest BCUT2D eigenvalue weighted by molar-refractivity contribution is 0.396. The molecular formula is C10H18N2O. The Kier molecular flexibility index (Phi) is 5.07. The van der Waals surface area contributed by atoms with E-state index in [9.17, 15) is 0 Å². The topological polar surface area (TPSA) is 57.1 Å². The lowest BCUT2D eigenvalue weighted by Crippen LogP contribution is -1.97. The summed E-state index contributed by atoms with van der Waals surface area (Å²) in [6.07, 6.45) is 2.01. The maximum Gasteiger partial charge on any atom is 0.213 e. The molecule has 0 unspecified atom stereocenters. The molecule has 13 heavy (non-hydrogen) atoms. The zero-order valence-corrected chi connectivity index (χ0v) is 8.63. The van der Waals surface area contributed by atoms with Gasteiger partial charge < -0.3 is 10.9 Å². The predicted molar refractivity (Wildman–Crippen MR) is 54.6 cm³/mol. The number of nitrogens with zero attached hydrogens (tertiary/aromatic N) is 1. The van der Waals surface area contributed by atoms with E-state index in [0.29, 0.717) is 5.88 Å². The molecular weight excluding hydrogens is 164 g/mol. The number of hydrogen-bond acceptors (Lipinski definition) is 3. The minimum Gasteiger partial charge on any atom is -0.481 e. The van der Waals surface area contributed by atoms with Crippen molar-refractivity contribution in [3.63, 3.8) is 0 Å². The first-order chi connectivity index (χ1) is 5.81. The van der Waals surface area contributed by atoms with Crippen LogP contribution in [0, 0.1) is 0 Å². The second kappa shape index (κ2) is 5.54. The second-order valence-corrected chi connectivity index (χ2v) is 2.67. The molecule has 0 saturated carbocycles. The molecule has 0 aliphatic carbocycles. The molecule has 0 fully saturated rings. The molecule has 0 amide bonds. The van der Waals surface area contributed by atoms with Gasteiger partial charge in [0.15, 0.2) is 0 Å². The van der Waals surface area contributed by atoms with E-state index in [4.69, 9.17) is 4.74 Å². The standard InChI is InChI=1S/C10H15NO.H3N/c1-4-8-6-7-10(12-3)11-9(8)5-2;/h6-7H,4-5H2,1-3H3;1H3. The number of methoxy groups -OCH3 is 1. The average molecular weight is 182 g/mol. The van der Waals surface area contributed by atoms with Crippen molar-refractivity contribution < 1.29 is 4.74 Å². The van der Waals surface area contributed by atoms with Gasteiger partial charge in [0.1, 0.15) is 0 Å². The summed E-state index contributed by atoms with van der Waals surface area (Å²) >= 11 is 0. The van der Waals surface area contributed by atoms with E-state index in [1.54, 1.807) is 7.11 Å². The number of aromatic nitrogens is 1. The molecule has 0 bridgehead atoms. The van der Waals surface area contributed by atoms with Crippen LogP contribution in [0.3, 0.4) is 0 Å². The Labute approximate surface area is 79.7 Å². The van der Waals surface area contributed by atoms with Gasteiger partial charge in [0, 0.05) is 11.8 Å². The Morgan fingerprint density at radius 3 is 2.38 bits per heavy atom. The van der Waals surface area contributed by atoms with Crippen molar-refractivity contribution >= 4 is 0 Å². The van der Waals surface area contributed by atoms with Crippen LogP contribution in [0.15, 0.2) is 12.1 Å². The molecule has 3 heteroatoms. The van der Waals surface area contributed by atoms with Crippen LogP contribution in [-0.4, -0.2) is 12.1 Å². The highest BCUT2D eigenvalue weighted by atomic mass is 16.5. The van der Waals surface area contributed by atoms with Gasteiger partial charge in [-0.3, -0.25) is 0 Å². The highest BCUT2D eigenvalue weighted by Crippen LogP contribution is 2.13. The molecule has 0 spiro atoms. The number of aryl methyl sites for hydroxylation is 2. The van der Waals surface area contributed by atoms with Crippen molar-refractivity contribution in [2.45, 2.75) is 26.7 Å². The average Bonchev–Trinajstić information content (AvgIpc) is 2.16. The molecule has 0 aromatic carbocycles. The number of hydrogen-bond donors (Lipinski definition) is 1. The first-order valence-corrected chi connectivity index (χ1v) is 4.34. The zero-order valence-electron chi connectivity index (χ0n) is 8.63. The van der Waals surface area contributed by atoms with Crippen molar-refractivity contribution in [3.05, 3.63) is 23.4 Å². The quantitative estimate of drug-likeness (QED) is 0.780. The Hall–Kier alpha value is -1.09. The first-order valence-electron chi connectivity index (χ1n) is 4.34. The molecule has 3 nitrogen and oxygen atoms in total. The molecule has 1 aromatic heterocycles. The summed E-state index contributed by atoms with van der Waals surface area (Å²) in [7, 11) is 1.65. The maximum atomic E-state index is 5.05. The number of ether oxygens (including phenoxy) is 1. The third-order valence-corrected chi connectivity index (χ3v) is 1.97. The lowest BCUT2D eigenvalue weighted by Gasteiger charge is -2.06. The second-order valence-electron chi connectivity index (χ2n) is 2.67. The highest BCUT2D eigenvalue weighted by Gasteiger charge is 2.01. The summed E-state index contributed by atoms with van der Waals surface area (Å²) in [5.74, 6) is 0.712. The van der Waals surface area contributed by atoms with Gasteiger partial charge in [0.2, 0.25) is 5.88 Å². The summed E-state index contributed by atoms with van der Waals surface area (Å²) in [4.78, 5) is 4.36. The largest absolute Gasteiger partial charge is 0.481 e. The zero-order chi connectivity index (χ0) is 8.97. The summed E-state index contributed by atoms with van der Waals surface area (Å²) < 4.78 is 5.05. The molecule has 74 valence electrons. The molecule has 0 aliphatic heterocycles. The van der Waals surface area contributed by atoms with Gasteiger partial charge >= 0.3 is 0 Å². The summed E-state index contributed by atoms with van der Waals surface area (Å²) in [6.45, 7) is 4.25. The van der Waals surface area contributed by atoms with E-state index >= 15 is 0 Å². The molecule has 1 heterocycles. The van der Waals surface area contributed by atoms with Crippen LogP contribution in [0.2, 0.25) is 0 Å². The first kappa shape index (κ1) is 11.9. The van der Waals surface area contributed by atoms with E-state index < -0.39 is 0 Å². The van der Waals surface area contributed by atoms with Crippen molar-refractivity contribution in [2.75, 3.05) is 7.11 Å². The van der Waals surface area contributed by atoms with Crippen LogP contribution in [0.4, 0.5) is 0 Å². The third-order valence-electron chi connectivity index (χ3n) is 1.97. The van der Waals surface area contributed by atoms with Crippen LogP contribution < -0.4 is 10.9 Å². The van der Waals surface area contributed by atoms with Gasteiger partial charge in [-0.05, 0) is 18.4 Å². The smallest absolute Gasteiger partial charge is 0.213 e. The molecule has 1 aromatic rings. The van der Waals surface area contributed by atoms with Gasteiger partial charge in [0.05, 0.1) is 7.11 Å². The van der Waals surface area contributed by atoms with Crippen LogP contribution >= 0.6 is 0 Å². The fourth-order valence-electron chi connectivity index (χ4n) is 1.25. The predicted octanol–water partition coefficient (Wildman–Crippen LogP) is 2.38. The third kappa shape index (κ3) is 2.70. The molecule has 0 radical (unpaired) electrons. The van der Waals surface area contributed by atoms with Crippen molar-refractivity contribution in [1.29, 1.82) is 0 Å². The van der Waals surface area contributed by atoms with Gasteiger partial charge in [-0.2, -0.15) is 0 Å². The Balaban J connectivity index is 0.00000144. The molecule has 1 rings (SSSR count). The lowest BCUT2D eigenvalue weighted by atomic mass is 10.1. The molecule has 0 aliphatic rings. The van der Waals surface area contributed by atoms with Gasteiger partial charge in [0.25, 0.3) is 0 Å². The number of rotatable bonds is 3. The van der Waals surface area contributed by atoms with Crippen molar-refractivity contribution in [2.24, 2.45) is 0 Å². The maximum absolute atomic E-state index is 5.05. The van der Waals surface area contributed by atoms with Crippen molar-refractivity contribution in [3.8, 4) is 5.88 Å².